The summed E-state index contributed by atoms with van der Waals surface area (Å²) >= 11 is 1.62. The van der Waals surface area contributed by atoms with Crippen LogP contribution in [0.3, 0.4) is 0 Å². The third kappa shape index (κ3) is 2.97. The van der Waals surface area contributed by atoms with Crippen molar-refractivity contribution in [2.24, 2.45) is 0 Å². The molecule has 2 aromatic rings. The van der Waals surface area contributed by atoms with Gasteiger partial charge >= 0.3 is 0 Å². The molecular weight excluding hydrogens is 220 g/mol. The summed E-state index contributed by atoms with van der Waals surface area (Å²) in [7, 11) is 1.68. The molecule has 2 rings (SSSR count). The van der Waals surface area contributed by atoms with Crippen LogP contribution in [0.25, 0.3) is 0 Å². The topological polar surface area (TPSA) is 34.1 Å². The Balaban J connectivity index is 1.81. The van der Waals surface area contributed by atoms with Crippen LogP contribution in [0.4, 0.5) is 5.13 Å². The van der Waals surface area contributed by atoms with E-state index in [1.165, 1.54) is 5.56 Å². The minimum atomic E-state index is 0.900. The highest BCUT2D eigenvalue weighted by Gasteiger charge is 1.96. The second-order valence-corrected chi connectivity index (χ2v) is 4.26. The van der Waals surface area contributed by atoms with Crippen molar-refractivity contribution in [3.8, 4) is 5.75 Å². The van der Waals surface area contributed by atoms with Gasteiger partial charge in [-0.2, -0.15) is 0 Å². The van der Waals surface area contributed by atoms with E-state index < -0.39 is 0 Å². The van der Waals surface area contributed by atoms with Crippen LogP contribution in [0.2, 0.25) is 0 Å². The van der Waals surface area contributed by atoms with E-state index in [9.17, 15) is 0 Å². The van der Waals surface area contributed by atoms with E-state index in [0.717, 1.165) is 23.8 Å². The van der Waals surface area contributed by atoms with Gasteiger partial charge in [0.05, 0.1) is 7.11 Å². The highest BCUT2D eigenvalue weighted by atomic mass is 32.1. The zero-order valence-electron chi connectivity index (χ0n) is 9.14. The van der Waals surface area contributed by atoms with E-state index >= 15 is 0 Å². The maximum absolute atomic E-state index is 5.11. The Labute approximate surface area is 99.1 Å². The number of aromatic nitrogens is 1. The third-order valence-electron chi connectivity index (χ3n) is 2.28. The Kier molecular flexibility index (Phi) is 3.77. The summed E-state index contributed by atoms with van der Waals surface area (Å²) in [5.74, 6) is 0.900. The quantitative estimate of drug-likeness (QED) is 0.863. The number of hydrogen-bond acceptors (Lipinski definition) is 4. The molecule has 0 amide bonds. The number of anilines is 1. The summed E-state index contributed by atoms with van der Waals surface area (Å²) < 4.78 is 5.11. The fourth-order valence-electron chi connectivity index (χ4n) is 1.42. The molecule has 1 N–H and O–H groups in total. The first kappa shape index (κ1) is 11.0. The van der Waals surface area contributed by atoms with Crippen molar-refractivity contribution in [1.82, 2.24) is 4.98 Å². The Morgan fingerprint density at radius 1 is 1.31 bits per heavy atom. The molecule has 3 nitrogen and oxygen atoms in total. The van der Waals surface area contributed by atoms with Crippen molar-refractivity contribution < 1.29 is 4.74 Å². The van der Waals surface area contributed by atoms with Gasteiger partial charge in [-0.1, -0.05) is 12.1 Å². The van der Waals surface area contributed by atoms with E-state index in [2.05, 4.69) is 22.4 Å². The van der Waals surface area contributed by atoms with E-state index in [-0.39, 0.29) is 0 Å². The van der Waals surface area contributed by atoms with Crippen molar-refractivity contribution in [1.29, 1.82) is 0 Å². The highest BCUT2D eigenvalue weighted by Crippen LogP contribution is 2.13. The average molecular weight is 234 g/mol. The summed E-state index contributed by atoms with van der Waals surface area (Å²) in [5, 5.41) is 6.23. The SMILES string of the molecule is COc1ccc(CCNc2nccs2)cc1. The largest absolute Gasteiger partial charge is 0.497 e. The summed E-state index contributed by atoms with van der Waals surface area (Å²) in [5.41, 5.74) is 1.30. The van der Waals surface area contributed by atoms with Crippen LogP contribution in [0, 0.1) is 0 Å². The molecule has 0 fully saturated rings. The van der Waals surface area contributed by atoms with Crippen LogP contribution in [-0.2, 0) is 6.42 Å². The predicted octanol–water partition coefficient (Wildman–Crippen LogP) is 2.81. The summed E-state index contributed by atoms with van der Waals surface area (Å²) in [6.45, 7) is 0.903. The minimum Gasteiger partial charge on any atom is -0.497 e. The number of thiazole rings is 1. The van der Waals surface area contributed by atoms with Crippen molar-refractivity contribution in [3.63, 3.8) is 0 Å². The Morgan fingerprint density at radius 2 is 2.12 bits per heavy atom. The van der Waals surface area contributed by atoms with Gasteiger partial charge < -0.3 is 10.1 Å². The zero-order chi connectivity index (χ0) is 11.2. The fraction of sp³-hybridized carbons (Fsp3) is 0.250. The average Bonchev–Trinajstić information content (AvgIpc) is 2.83. The molecule has 0 radical (unpaired) electrons. The number of nitrogens with one attached hydrogen (secondary N) is 1. The van der Waals surface area contributed by atoms with Gasteiger partial charge in [0.1, 0.15) is 5.75 Å². The second-order valence-electron chi connectivity index (χ2n) is 3.36. The molecule has 4 heteroatoms. The molecule has 16 heavy (non-hydrogen) atoms. The van der Waals surface area contributed by atoms with Gasteiger partial charge in [-0.15, -0.1) is 11.3 Å². The van der Waals surface area contributed by atoms with Crippen LogP contribution in [0.5, 0.6) is 5.75 Å². The van der Waals surface area contributed by atoms with Gasteiger partial charge in [-0.3, -0.25) is 0 Å². The molecule has 84 valence electrons. The molecule has 1 aromatic heterocycles. The fourth-order valence-corrected chi connectivity index (χ4v) is 1.97. The number of rotatable bonds is 5. The molecule has 0 saturated heterocycles. The first-order chi connectivity index (χ1) is 7.88. The van der Waals surface area contributed by atoms with Crippen LogP contribution in [-0.4, -0.2) is 18.6 Å². The van der Waals surface area contributed by atoms with E-state index in [0.29, 0.717) is 0 Å². The first-order valence-electron chi connectivity index (χ1n) is 5.15. The maximum atomic E-state index is 5.11. The minimum absolute atomic E-state index is 0.900. The van der Waals surface area contributed by atoms with Crippen molar-refractivity contribution in [2.45, 2.75) is 6.42 Å². The Bertz CT molecular complexity index is 411. The van der Waals surface area contributed by atoms with Gasteiger partial charge in [0.2, 0.25) is 0 Å². The van der Waals surface area contributed by atoms with Crippen LogP contribution < -0.4 is 10.1 Å². The van der Waals surface area contributed by atoms with Gasteiger partial charge in [-0.05, 0) is 24.1 Å². The lowest BCUT2D eigenvalue weighted by Crippen LogP contribution is -2.04. The molecule has 0 bridgehead atoms. The van der Waals surface area contributed by atoms with E-state index in [4.69, 9.17) is 4.74 Å². The van der Waals surface area contributed by atoms with Crippen LogP contribution in [0.15, 0.2) is 35.8 Å². The van der Waals surface area contributed by atoms with E-state index in [1.54, 1.807) is 24.6 Å². The lowest BCUT2D eigenvalue weighted by Gasteiger charge is -2.04. The molecule has 0 spiro atoms. The monoisotopic (exact) mass is 234 g/mol. The van der Waals surface area contributed by atoms with Crippen LogP contribution >= 0.6 is 11.3 Å². The lowest BCUT2D eigenvalue weighted by atomic mass is 10.1. The van der Waals surface area contributed by atoms with Crippen molar-refractivity contribution in [3.05, 3.63) is 41.4 Å². The van der Waals surface area contributed by atoms with Gasteiger partial charge in [0, 0.05) is 18.1 Å². The van der Waals surface area contributed by atoms with Gasteiger partial charge in [0.25, 0.3) is 0 Å². The highest BCUT2D eigenvalue weighted by molar-refractivity contribution is 7.13. The number of benzene rings is 1. The van der Waals surface area contributed by atoms with Crippen LogP contribution in [0.1, 0.15) is 5.56 Å². The third-order valence-corrected chi connectivity index (χ3v) is 3.01. The lowest BCUT2D eigenvalue weighted by molar-refractivity contribution is 0.414. The Hall–Kier alpha value is -1.55. The maximum Gasteiger partial charge on any atom is 0.182 e. The summed E-state index contributed by atoms with van der Waals surface area (Å²) in [6.07, 6.45) is 2.80. The van der Waals surface area contributed by atoms with E-state index in [1.807, 2.05) is 17.5 Å². The number of hydrogen-bond donors (Lipinski definition) is 1. The molecule has 0 aliphatic heterocycles. The molecule has 0 unspecified atom stereocenters. The number of methoxy groups -OCH3 is 1. The molecule has 0 saturated carbocycles. The molecular formula is C12H14N2OS. The van der Waals surface area contributed by atoms with Gasteiger partial charge in [0.15, 0.2) is 5.13 Å². The second kappa shape index (κ2) is 5.51. The number of nitrogens with zero attached hydrogens (tertiary/aromatic N) is 1. The van der Waals surface area contributed by atoms with Gasteiger partial charge in [-0.25, -0.2) is 4.98 Å². The molecule has 0 atom stereocenters. The predicted molar refractivity (Wildman–Crippen MR) is 67.3 cm³/mol. The summed E-state index contributed by atoms with van der Waals surface area (Å²) in [4.78, 5) is 4.16. The normalized spacial score (nSPS) is 10.1. The molecule has 0 aliphatic carbocycles. The number of ether oxygens (including phenoxy) is 1. The standard InChI is InChI=1S/C12H14N2OS/c1-15-11-4-2-10(3-5-11)6-7-13-12-14-8-9-16-12/h2-5,8-9H,6-7H2,1H3,(H,13,14). The first-order valence-corrected chi connectivity index (χ1v) is 6.03. The smallest absolute Gasteiger partial charge is 0.182 e. The Morgan fingerprint density at radius 3 is 2.75 bits per heavy atom. The summed E-state index contributed by atoms with van der Waals surface area (Å²) in [6, 6.07) is 8.14. The van der Waals surface area contributed by atoms with Crippen molar-refractivity contribution in [2.75, 3.05) is 19.0 Å². The zero-order valence-corrected chi connectivity index (χ0v) is 9.96. The molecule has 1 heterocycles. The molecule has 1 aromatic carbocycles. The molecule has 0 aliphatic rings. The van der Waals surface area contributed by atoms with Crippen molar-refractivity contribution >= 4 is 16.5 Å².